The number of carbonyl (C=O) groups excluding carboxylic acids is 1. The number of rotatable bonds is 2. The van der Waals surface area contributed by atoms with Crippen LogP contribution in [-0.4, -0.2) is 25.2 Å². The highest BCUT2D eigenvalue weighted by Crippen LogP contribution is 2.36. The van der Waals surface area contributed by atoms with E-state index in [1.165, 1.54) is 6.07 Å². The maximum atomic E-state index is 12.8. The summed E-state index contributed by atoms with van der Waals surface area (Å²) in [6.45, 7) is 1.39. The Labute approximate surface area is 130 Å². The molecule has 1 aromatic rings. The van der Waals surface area contributed by atoms with Crippen molar-refractivity contribution < 1.29 is 18.0 Å². The fourth-order valence-electron chi connectivity index (χ4n) is 1.98. The van der Waals surface area contributed by atoms with Crippen molar-refractivity contribution in [2.75, 3.05) is 18.4 Å². The molecule has 1 heterocycles. The van der Waals surface area contributed by atoms with Gasteiger partial charge in [0.25, 0.3) is 0 Å². The summed E-state index contributed by atoms with van der Waals surface area (Å²) in [6, 6.07) is 2.48. The van der Waals surface area contributed by atoms with Gasteiger partial charge >= 0.3 is 12.2 Å². The second-order valence-corrected chi connectivity index (χ2v) is 4.91. The summed E-state index contributed by atoms with van der Waals surface area (Å²) in [7, 11) is 0. The number of amides is 2. The Balaban J connectivity index is 0.00000220. The van der Waals surface area contributed by atoms with Gasteiger partial charge in [-0.1, -0.05) is 11.6 Å². The second-order valence-electron chi connectivity index (χ2n) is 4.48. The largest absolute Gasteiger partial charge is 0.418 e. The summed E-state index contributed by atoms with van der Waals surface area (Å²) in [5.74, 6) is 0. The molecule has 1 aromatic carbocycles. The van der Waals surface area contributed by atoms with Crippen LogP contribution in [0.5, 0.6) is 0 Å². The molecule has 0 spiro atoms. The van der Waals surface area contributed by atoms with Gasteiger partial charge in [0, 0.05) is 17.6 Å². The molecule has 0 radical (unpaired) electrons. The molecule has 1 fully saturated rings. The van der Waals surface area contributed by atoms with E-state index >= 15 is 0 Å². The Morgan fingerprint density at radius 1 is 1.38 bits per heavy atom. The van der Waals surface area contributed by atoms with Crippen LogP contribution >= 0.6 is 24.0 Å². The average Bonchev–Trinajstić information content (AvgIpc) is 2.82. The summed E-state index contributed by atoms with van der Waals surface area (Å²) < 4.78 is 38.5. The van der Waals surface area contributed by atoms with Gasteiger partial charge in [-0.25, -0.2) is 4.79 Å². The Kier molecular flexibility index (Phi) is 6.12. The lowest BCUT2D eigenvalue weighted by molar-refractivity contribution is -0.136. The van der Waals surface area contributed by atoms with E-state index in [4.69, 9.17) is 11.6 Å². The molecule has 118 valence electrons. The Hall–Kier alpha value is -1.18. The first-order valence-corrected chi connectivity index (χ1v) is 6.39. The SMILES string of the molecule is Cl.O=C(Nc1ccc(Cl)cc1C(F)(F)F)NC1CCNC1. The van der Waals surface area contributed by atoms with Gasteiger partial charge in [0.05, 0.1) is 11.3 Å². The third-order valence-corrected chi connectivity index (χ3v) is 3.17. The van der Waals surface area contributed by atoms with Gasteiger partial charge < -0.3 is 16.0 Å². The molecular weight excluding hydrogens is 330 g/mol. The number of urea groups is 1. The first-order chi connectivity index (χ1) is 9.36. The number of halogens is 5. The van der Waals surface area contributed by atoms with Gasteiger partial charge in [0.2, 0.25) is 0 Å². The van der Waals surface area contributed by atoms with Crippen LogP contribution in [0.25, 0.3) is 0 Å². The van der Waals surface area contributed by atoms with Crippen molar-refractivity contribution in [3.63, 3.8) is 0 Å². The van der Waals surface area contributed by atoms with E-state index < -0.39 is 17.8 Å². The van der Waals surface area contributed by atoms with Crippen molar-refractivity contribution in [2.24, 2.45) is 0 Å². The highest BCUT2D eigenvalue weighted by Gasteiger charge is 2.34. The molecule has 21 heavy (non-hydrogen) atoms. The first-order valence-electron chi connectivity index (χ1n) is 6.01. The number of alkyl halides is 3. The van der Waals surface area contributed by atoms with Crippen LogP contribution in [0.1, 0.15) is 12.0 Å². The highest BCUT2D eigenvalue weighted by atomic mass is 35.5. The number of hydrogen-bond acceptors (Lipinski definition) is 2. The van der Waals surface area contributed by atoms with Crippen molar-refractivity contribution in [2.45, 2.75) is 18.6 Å². The predicted molar refractivity (Wildman–Crippen MR) is 77.1 cm³/mol. The van der Waals surface area contributed by atoms with Crippen molar-refractivity contribution in [1.82, 2.24) is 10.6 Å². The van der Waals surface area contributed by atoms with Crippen molar-refractivity contribution >= 4 is 35.7 Å². The van der Waals surface area contributed by atoms with Gasteiger partial charge in [-0.3, -0.25) is 0 Å². The topological polar surface area (TPSA) is 53.2 Å². The minimum atomic E-state index is -4.58. The van der Waals surface area contributed by atoms with Crippen molar-refractivity contribution in [1.29, 1.82) is 0 Å². The molecular formula is C12H14Cl2F3N3O. The van der Waals surface area contributed by atoms with E-state index in [0.717, 1.165) is 25.1 Å². The van der Waals surface area contributed by atoms with Crippen LogP contribution in [0, 0.1) is 0 Å². The second kappa shape index (κ2) is 7.20. The highest BCUT2D eigenvalue weighted by molar-refractivity contribution is 6.30. The molecule has 4 nitrogen and oxygen atoms in total. The number of hydrogen-bond donors (Lipinski definition) is 3. The minimum absolute atomic E-state index is 0. The summed E-state index contributed by atoms with van der Waals surface area (Å²) in [5, 5.41) is 7.83. The average molecular weight is 344 g/mol. The fourth-order valence-corrected chi connectivity index (χ4v) is 2.15. The van der Waals surface area contributed by atoms with Crippen molar-refractivity contribution in [3.8, 4) is 0 Å². The Morgan fingerprint density at radius 3 is 2.67 bits per heavy atom. The van der Waals surface area contributed by atoms with Crippen LogP contribution in [0.15, 0.2) is 18.2 Å². The standard InChI is InChI=1S/C12H13ClF3N3O.ClH/c13-7-1-2-10(9(5-7)12(14,15)16)19-11(20)18-8-3-4-17-6-8;/h1-2,5,8,17H,3-4,6H2,(H2,18,19,20);1H. The Morgan fingerprint density at radius 2 is 2.10 bits per heavy atom. The lowest BCUT2D eigenvalue weighted by Gasteiger charge is -2.16. The molecule has 0 aliphatic carbocycles. The minimum Gasteiger partial charge on any atom is -0.334 e. The summed E-state index contributed by atoms with van der Waals surface area (Å²) >= 11 is 5.56. The first kappa shape index (κ1) is 17.9. The van der Waals surface area contributed by atoms with Crippen LogP contribution < -0.4 is 16.0 Å². The zero-order valence-corrected chi connectivity index (χ0v) is 12.3. The molecule has 2 amide bonds. The number of nitrogens with one attached hydrogen (secondary N) is 3. The van der Waals surface area contributed by atoms with Gasteiger partial charge in [-0.2, -0.15) is 13.2 Å². The molecule has 2 rings (SSSR count). The summed E-state index contributed by atoms with van der Waals surface area (Å²) in [6.07, 6.45) is -3.83. The van der Waals surface area contributed by atoms with Gasteiger partial charge in [-0.15, -0.1) is 12.4 Å². The van der Waals surface area contributed by atoms with Crippen LogP contribution in [-0.2, 0) is 6.18 Å². The lowest BCUT2D eigenvalue weighted by Crippen LogP contribution is -2.39. The Bertz CT molecular complexity index is 505. The maximum Gasteiger partial charge on any atom is 0.418 e. The van der Waals surface area contributed by atoms with Gasteiger partial charge in [0.1, 0.15) is 0 Å². The summed E-state index contributed by atoms with van der Waals surface area (Å²) in [4.78, 5) is 11.7. The molecule has 3 N–H and O–H groups in total. The zero-order valence-electron chi connectivity index (χ0n) is 10.8. The molecule has 1 aliphatic rings. The van der Waals surface area contributed by atoms with E-state index in [1.54, 1.807) is 0 Å². The van der Waals surface area contributed by atoms with E-state index in [0.29, 0.717) is 6.54 Å². The number of benzene rings is 1. The van der Waals surface area contributed by atoms with E-state index in [1.807, 2.05) is 0 Å². The predicted octanol–water partition coefficient (Wildman–Crippen LogP) is 3.26. The zero-order chi connectivity index (χ0) is 14.8. The van der Waals surface area contributed by atoms with Crippen LogP contribution in [0.3, 0.4) is 0 Å². The molecule has 0 aromatic heterocycles. The monoisotopic (exact) mass is 343 g/mol. The van der Waals surface area contributed by atoms with Gasteiger partial charge in [-0.05, 0) is 31.2 Å². The molecule has 0 bridgehead atoms. The molecule has 1 aliphatic heterocycles. The fraction of sp³-hybridized carbons (Fsp3) is 0.417. The lowest BCUT2D eigenvalue weighted by atomic mass is 10.1. The molecule has 1 atom stereocenters. The van der Waals surface area contributed by atoms with Crippen molar-refractivity contribution in [3.05, 3.63) is 28.8 Å². The van der Waals surface area contributed by atoms with E-state index in [-0.39, 0.29) is 29.2 Å². The third-order valence-electron chi connectivity index (χ3n) is 2.93. The van der Waals surface area contributed by atoms with Gasteiger partial charge in [0.15, 0.2) is 0 Å². The quantitative estimate of drug-likeness (QED) is 0.771. The van der Waals surface area contributed by atoms with E-state index in [2.05, 4.69) is 16.0 Å². The van der Waals surface area contributed by atoms with Crippen LogP contribution in [0.4, 0.5) is 23.7 Å². The number of carbonyl (C=O) groups is 1. The summed E-state index contributed by atoms with van der Waals surface area (Å²) in [5.41, 5.74) is -1.28. The number of anilines is 1. The van der Waals surface area contributed by atoms with Crippen LogP contribution in [0.2, 0.25) is 5.02 Å². The molecule has 1 unspecified atom stereocenters. The van der Waals surface area contributed by atoms with E-state index in [9.17, 15) is 18.0 Å². The normalized spacial score (nSPS) is 18.0. The molecule has 9 heteroatoms. The smallest absolute Gasteiger partial charge is 0.334 e. The maximum absolute atomic E-state index is 12.8. The molecule has 0 saturated carbocycles. The molecule has 1 saturated heterocycles. The third kappa shape index (κ3) is 4.94.